The van der Waals surface area contributed by atoms with Crippen LogP contribution >= 0.6 is 0 Å². The second kappa shape index (κ2) is 17.9. The van der Waals surface area contributed by atoms with Gasteiger partial charge in [-0.2, -0.15) is 0 Å². The van der Waals surface area contributed by atoms with Gasteiger partial charge in [-0.05, 0) is 24.7 Å². The summed E-state index contributed by atoms with van der Waals surface area (Å²) in [5.74, 6) is -5.43. The minimum absolute atomic E-state index is 0.0212. The normalized spacial score (nSPS) is 18.4. The van der Waals surface area contributed by atoms with Gasteiger partial charge < -0.3 is 25.5 Å². The molecule has 2 atom stereocenters. The first kappa shape index (κ1) is 34.4. The highest BCUT2D eigenvalue weighted by Crippen LogP contribution is 2.30. The van der Waals surface area contributed by atoms with Crippen LogP contribution in [0.2, 0.25) is 0 Å². The summed E-state index contributed by atoms with van der Waals surface area (Å²) in [6, 6.07) is -2.06. The highest BCUT2D eigenvalue weighted by atomic mass is 16.4. The largest absolute Gasteiger partial charge is 0.480 e. The van der Waals surface area contributed by atoms with E-state index in [2.05, 4.69) is 0 Å². The van der Waals surface area contributed by atoms with E-state index in [1.54, 1.807) is 0 Å². The Kier molecular flexibility index (Phi) is 15.0. The SMILES string of the molecule is O=C(O)CN(CCN(CC(=O)O)[C@@H](CC1CCCCC1)C(=O)O)CCN(CC(=O)O)[C@@H](CC1CCCCC1)C(=O)O. The van der Waals surface area contributed by atoms with Crippen molar-refractivity contribution in [3.05, 3.63) is 0 Å². The molecule has 0 spiro atoms. The number of rotatable bonds is 20. The van der Waals surface area contributed by atoms with Crippen LogP contribution in [0.15, 0.2) is 0 Å². The maximum atomic E-state index is 12.2. The molecule has 2 aliphatic rings. The van der Waals surface area contributed by atoms with Gasteiger partial charge in [0.2, 0.25) is 0 Å². The summed E-state index contributed by atoms with van der Waals surface area (Å²) in [6.07, 6.45) is 10.4. The third kappa shape index (κ3) is 13.2. The lowest BCUT2D eigenvalue weighted by Gasteiger charge is -2.34. The molecular formula is C28H47N3O10. The Morgan fingerprint density at radius 3 is 1.15 bits per heavy atom. The lowest BCUT2D eigenvalue weighted by molar-refractivity contribution is -0.148. The van der Waals surface area contributed by atoms with Crippen molar-refractivity contribution in [2.45, 2.75) is 89.1 Å². The fourth-order valence-corrected chi connectivity index (χ4v) is 6.33. The molecule has 2 aliphatic carbocycles. The molecule has 0 saturated heterocycles. The van der Waals surface area contributed by atoms with Crippen LogP contribution in [-0.2, 0) is 24.0 Å². The van der Waals surface area contributed by atoms with Gasteiger partial charge in [-0.3, -0.25) is 38.7 Å². The molecular weight excluding hydrogens is 538 g/mol. The highest BCUT2D eigenvalue weighted by Gasteiger charge is 2.33. The van der Waals surface area contributed by atoms with E-state index < -0.39 is 61.6 Å². The summed E-state index contributed by atoms with van der Waals surface area (Å²) < 4.78 is 0. The molecule has 5 N–H and O–H groups in total. The standard InChI is InChI=1S/C28H47N3O10/c32-24(33)17-29(11-13-30(18-25(34)35)22(27(38)39)15-20-7-3-1-4-8-20)12-14-31(19-26(36)37)23(28(40)41)16-21-9-5-2-6-10-21/h20-23H,1-19H2,(H,32,33)(H,34,35)(H,36,37)(H,38,39)(H,40,41)/t22-,23-/m0/s1. The first-order valence-electron chi connectivity index (χ1n) is 14.8. The number of nitrogens with zero attached hydrogens (tertiary/aromatic N) is 3. The smallest absolute Gasteiger partial charge is 0.320 e. The van der Waals surface area contributed by atoms with Crippen molar-refractivity contribution in [3.63, 3.8) is 0 Å². The van der Waals surface area contributed by atoms with E-state index in [0.29, 0.717) is 12.8 Å². The van der Waals surface area contributed by atoms with E-state index in [0.717, 1.165) is 64.2 Å². The van der Waals surface area contributed by atoms with E-state index in [1.807, 2.05) is 0 Å². The van der Waals surface area contributed by atoms with Crippen molar-refractivity contribution < 1.29 is 49.5 Å². The van der Waals surface area contributed by atoms with Crippen LogP contribution in [0.3, 0.4) is 0 Å². The molecule has 0 bridgehead atoms. The summed E-state index contributed by atoms with van der Waals surface area (Å²) in [5, 5.41) is 48.3. The predicted molar refractivity (Wildman–Crippen MR) is 148 cm³/mol. The van der Waals surface area contributed by atoms with Crippen LogP contribution in [0.25, 0.3) is 0 Å². The van der Waals surface area contributed by atoms with Crippen molar-refractivity contribution in [2.24, 2.45) is 11.8 Å². The van der Waals surface area contributed by atoms with Crippen molar-refractivity contribution >= 4 is 29.8 Å². The van der Waals surface area contributed by atoms with Crippen molar-refractivity contribution in [2.75, 3.05) is 45.8 Å². The summed E-state index contributed by atoms with van der Waals surface area (Å²) in [7, 11) is 0. The average molecular weight is 586 g/mol. The Labute approximate surface area is 241 Å². The third-order valence-corrected chi connectivity index (χ3v) is 8.46. The van der Waals surface area contributed by atoms with Gasteiger partial charge in [-0.1, -0.05) is 64.2 Å². The van der Waals surface area contributed by atoms with Crippen LogP contribution in [-0.4, -0.2) is 128 Å². The molecule has 0 aromatic carbocycles. The van der Waals surface area contributed by atoms with Gasteiger partial charge in [0.05, 0.1) is 19.6 Å². The molecule has 0 radical (unpaired) electrons. The monoisotopic (exact) mass is 585 g/mol. The molecule has 0 unspecified atom stereocenters. The Bertz CT molecular complexity index is 811. The maximum Gasteiger partial charge on any atom is 0.320 e. The fraction of sp³-hybridized carbons (Fsp3) is 0.821. The molecule has 41 heavy (non-hydrogen) atoms. The summed E-state index contributed by atoms with van der Waals surface area (Å²) in [4.78, 5) is 63.4. The topological polar surface area (TPSA) is 196 Å². The first-order chi connectivity index (χ1) is 19.5. The third-order valence-electron chi connectivity index (χ3n) is 8.46. The fourth-order valence-electron chi connectivity index (χ4n) is 6.33. The lowest BCUT2D eigenvalue weighted by atomic mass is 9.84. The number of hydrogen-bond donors (Lipinski definition) is 5. The van der Waals surface area contributed by atoms with E-state index in [1.165, 1.54) is 14.7 Å². The molecule has 13 heteroatoms. The molecule has 2 rings (SSSR count). The van der Waals surface area contributed by atoms with Gasteiger partial charge in [-0.15, -0.1) is 0 Å². The quantitative estimate of drug-likeness (QED) is 0.139. The van der Waals surface area contributed by atoms with Crippen molar-refractivity contribution in [3.8, 4) is 0 Å². The van der Waals surface area contributed by atoms with Gasteiger partial charge in [0.25, 0.3) is 0 Å². The Hall–Kier alpha value is -2.77. The molecule has 2 fully saturated rings. The average Bonchev–Trinajstić information content (AvgIpc) is 2.90. The van der Waals surface area contributed by atoms with Crippen LogP contribution in [0.1, 0.15) is 77.0 Å². The van der Waals surface area contributed by atoms with Crippen LogP contribution in [0.5, 0.6) is 0 Å². The van der Waals surface area contributed by atoms with E-state index >= 15 is 0 Å². The van der Waals surface area contributed by atoms with Crippen molar-refractivity contribution in [1.29, 1.82) is 0 Å². The minimum atomic E-state index is -1.19. The summed E-state index contributed by atoms with van der Waals surface area (Å²) in [6.45, 7) is -1.47. The highest BCUT2D eigenvalue weighted by molar-refractivity contribution is 5.76. The van der Waals surface area contributed by atoms with Crippen molar-refractivity contribution in [1.82, 2.24) is 14.7 Å². The Balaban J connectivity index is 2.13. The molecule has 13 nitrogen and oxygen atoms in total. The lowest BCUT2D eigenvalue weighted by Crippen LogP contribution is -2.51. The Morgan fingerprint density at radius 1 is 0.512 bits per heavy atom. The summed E-state index contributed by atoms with van der Waals surface area (Å²) >= 11 is 0. The molecule has 0 aromatic heterocycles. The summed E-state index contributed by atoms with van der Waals surface area (Å²) in [5.41, 5.74) is 0. The zero-order valence-electron chi connectivity index (χ0n) is 23.9. The van der Waals surface area contributed by atoms with Gasteiger partial charge >= 0.3 is 29.8 Å². The number of carboxylic acid groups (broad SMARTS) is 5. The maximum absolute atomic E-state index is 12.2. The number of carbonyl (C=O) groups is 5. The predicted octanol–water partition coefficient (Wildman–Crippen LogP) is 1.99. The minimum Gasteiger partial charge on any atom is -0.480 e. The van der Waals surface area contributed by atoms with Gasteiger partial charge in [0.1, 0.15) is 12.1 Å². The zero-order chi connectivity index (χ0) is 30.4. The molecule has 234 valence electrons. The van der Waals surface area contributed by atoms with Gasteiger partial charge in [0, 0.05) is 26.2 Å². The molecule has 0 amide bonds. The zero-order valence-corrected chi connectivity index (χ0v) is 23.9. The van der Waals surface area contributed by atoms with Gasteiger partial charge in [0.15, 0.2) is 0 Å². The van der Waals surface area contributed by atoms with Crippen LogP contribution in [0, 0.1) is 11.8 Å². The molecule has 2 saturated carbocycles. The number of aliphatic carboxylic acids is 5. The molecule has 0 aliphatic heterocycles. The molecule has 0 heterocycles. The number of carboxylic acids is 5. The van der Waals surface area contributed by atoms with Crippen LogP contribution in [0.4, 0.5) is 0 Å². The van der Waals surface area contributed by atoms with E-state index in [4.69, 9.17) is 0 Å². The second-order valence-electron chi connectivity index (χ2n) is 11.6. The molecule has 0 aromatic rings. The number of hydrogen-bond acceptors (Lipinski definition) is 8. The van der Waals surface area contributed by atoms with Crippen LogP contribution < -0.4 is 0 Å². The van der Waals surface area contributed by atoms with E-state index in [-0.39, 0.29) is 38.0 Å². The first-order valence-corrected chi connectivity index (χ1v) is 14.8. The Morgan fingerprint density at radius 2 is 0.854 bits per heavy atom. The van der Waals surface area contributed by atoms with Gasteiger partial charge in [-0.25, -0.2) is 0 Å². The van der Waals surface area contributed by atoms with E-state index in [9.17, 15) is 49.5 Å². The second-order valence-corrected chi connectivity index (χ2v) is 11.6.